The summed E-state index contributed by atoms with van der Waals surface area (Å²) in [5.74, 6) is 0. The van der Waals surface area contributed by atoms with Crippen LogP contribution in [0.25, 0.3) is 0 Å². The van der Waals surface area contributed by atoms with E-state index in [1.165, 1.54) is 6.07 Å². The predicted octanol–water partition coefficient (Wildman–Crippen LogP) is 4.23. The van der Waals surface area contributed by atoms with Gasteiger partial charge in [-0.3, -0.25) is 10.1 Å². The van der Waals surface area contributed by atoms with Crippen molar-refractivity contribution in [2.75, 3.05) is 0 Å². The highest BCUT2D eigenvalue weighted by Crippen LogP contribution is 2.29. The molecule has 6 heteroatoms. The average Bonchev–Trinajstić information content (AvgIpc) is 2.43. The maximum absolute atomic E-state index is 10.9. The second-order valence-corrected chi connectivity index (χ2v) is 6.51. The number of benzene rings is 2. The second-order valence-electron chi connectivity index (χ2n) is 4.80. The molecule has 0 radical (unpaired) electrons. The van der Waals surface area contributed by atoms with Gasteiger partial charge in [0.15, 0.2) is 0 Å². The Morgan fingerprint density at radius 2 is 1.76 bits per heavy atom. The second kappa shape index (κ2) is 7.15. The van der Waals surface area contributed by atoms with Gasteiger partial charge in [0, 0.05) is 16.6 Å². The minimum absolute atomic E-state index is 0.0725. The molecule has 2 aromatic carbocycles. The average molecular weight is 414 g/mol. The van der Waals surface area contributed by atoms with Crippen molar-refractivity contribution in [3.8, 4) is 0 Å². The van der Waals surface area contributed by atoms with Gasteiger partial charge in [-0.05, 0) is 52.0 Å². The molecule has 2 rings (SSSR count). The van der Waals surface area contributed by atoms with E-state index in [1.807, 2.05) is 30.3 Å². The first-order valence-corrected chi connectivity index (χ1v) is 7.98. The van der Waals surface area contributed by atoms with Crippen molar-refractivity contribution in [2.24, 2.45) is 5.73 Å². The van der Waals surface area contributed by atoms with Gasteiger partial charge in [0.05, 0.1) is 9.40 Å². The summed E-state index contributed by atoms with van der Waals surface area (Å²) in [7, 11) is 0. The van der Waals surface area contributed by atoms with Crippen LogP contribution in [0, 0.1) is 10.1 Å². The van der Waals surface area contributed by atoms with Crippen LogP contribution < -0.4 is 5.73 Å². The van der Waals surface area contributed by atoms with Crippen molar-refractivity contribution in [1.29, 1.82) is 0 Å². The van der Waals surface area contributed by atoms with E-state index in [0.29, 0.717) is 10.9 Å². The van der Waals surface area contributed by atoms with Crippen molar-refractivity contribution in [2.45, 2.75) is 18.9 Å². The lowest BCUT2D eigenvalue weighted by Crippen LogP contribution is -2.25. The van der Waals surface area contributed by atoms with E-state index < -0.39 is 4.92 Å². The van der Waals surface area contributed by atoms with Gasteiger partial charge >= 0.3 is 0 Å². The van der Waals surface area contributed by atoms with Crippen molar-refractivity contribution in [1.82, 2.24) is 0 Å². The van der Waals surface area contributed by atoms with Crippen LogP contribution in [0.4, 0.5) is 5.69 Å². The Kier molecular flexibility index (Phi) is 5.50. The quantitative estimate of drug-likeness (QED) is 0.588. The molecular weight excluding hydrogens is 400 g/mol. The number of hydrogen-bond donors (Lipinski definition) is 1. The zero-order valence-electron chi connectivity index (χ0n) is 11.1. The van der Waals surface area contributed by atoms with Gasteiger partial charge < -0.3 is 5.73 Å². The molecule has 0 aliphatic rings. The zero-order valence-corrected chi connectivity index (χ0v) is 14.3. The minimum atomic E-state index is -0.395. The number of nitro benzene ring substituents is 1. The van der Waals surface area contributed by atoms with E-state index >= 15 is 0 Å². The van der Waals surface area contributed by atoms with Gasteiger partial charge in [-0.2, -0.15) is 0 Å². The van der Waals surface area contributed by atoms with E-state index in [0.717, 1.165) is 22.0 Å². The van der Waals surface area contributed by atoms with Gasteiger partial charge in [0.1, 0.15) is 0 Å². The molecule has 2 aromatic rings. The van der Waals surface area contributed by atoms with Gasteiger partial charge in [0.25, 0.3) is 5.69 Å². The topological polar surface area (TPSA) is 69.2 Å². The molecule has 0 fully saturated rings. The predicted molar refractivity (Wildman–Crippen MR) is 90.3 cm³/mol. The summed E-state index contributed by atoms with van der Waals surface area (Å²) in [6.07, 6.45) is 1.31. The van der Waals surface area contributed by atoms with Crippen LogP contribution in [0.3, 0.4) is 0 Å². The third kappa shape index (κ3) is 4.36. The molecule has 0 aromatic heterocycles. The maximum Gasteiger partial charge on any atom is 0.283 e. The molecule has 1 unspecified atom stereocenters. The minimum Gasteiger partial charge on any atom is -0.327 e. The Morgan fingerprint density at radius 3 is 2.38 bits per heavy atom. The molecule has 0 amide bonds. The molecule has 0 bridgehead atoms. The van der Waals surface area contributed by atoms with Crippen LogP contribution in [0.1, 0.15) is 11.1 Å². The first-order valence-electron chi connectivity index (χ1n) is 6.39. The zero-order chi connectivity index (χ0) is 15.4. The number of nitrogens with zero attached hydrogens (tertiary/aromatic N) is 1. The van der Waals surface area contributed by atoms with Crippen molar-refractivity contribution in [3.05, 3.63) is 72.7 Å². The fourth-order valence-corrected chi connectivity index (χ4v) is 2.98. The lowest BCUT2D eigenvalue weighted by molar-refractivity contribution is -0.385. The van der Waals surface area contributed by atoms with Crippen LogP contribution >= 0.6 is 31.9 Å². The third-order valence-corrected chi connectivity index (χ3v) is 4.59. The highest BCUT2D eigenvalue weighted by Gasteiger charge is 2.16. The molecular formula is C15H14Br2N2O2. The Morgan fingerprint density at radius 1 is 1.10 bits per heavy atom. The van der Waals surface area contributed by atoms with E-state index in [-0.39, 0.29) is 11.7 Å². The summed E-state index contributed by atoms with van der Waals surface area (Å²) in [5.41, 5.74) is 8.24. The van der Waals surface area contributed by atoms with E-state index in [1.54, 1.807) is 6.07 Å². The van der Waals surface area contributed by atoms with Gasteiger partial charge in [-0.1, -0.05) is 40.2 Å². The highest BCUT2D eigenvalue weighted by atomic mass is 79.9. The fraction of sp³-hybridized carbons (Fsp3) is 0.200. The SMILES string of the molecule is NC(Cc1ccc(Br)cc1)Cc1cccc([N+](=O)[O-])c1Br. The van der Waals surface area contributed by atoms with E-state index in [2.05, 4.69) is 31.9 Å². The summed E-state index contributed by atoms with van der Waals surface area (Å²) in [4.78, 5) is 10.5. The molecule has 4 nitrogen and oxygen atoms in total. The summed E-state index contributed by atoms with van der Waals surface area (Å²) >= 11 is 6.70. The highest BCUT2D eigenvalue weighted by molar-refractivity contribution is 9.10. The van der Waals surface area contributed by atoms with Gasteiger partial charge in [-0.15, -0.1) is 0 Å². The van der Waals surface area contributed by atoms with Crippen molar-refractivity contribution in [3.63, 3.8) is 0 Å². The molecule has 0 spiro atoms. The molecule has 0 heterocycles. The first-order chi connectivity index (χ1) is 9.97. The van der Waals surface area contributed by atoms with E-state index in [9.17, 15) is 10.1 Å². The molecule has 1 atom stereocenters. The fourth-order valence-electron chi connectivity index (χ4n) is 2.14. The summed E-state index contributed by atoms with van der Waals surface area (Å²) in [6, 6.07) is 12.9. The van der Waals surface area contributed by atoms with Crippen LogP contribution in [0.2, 0.25) is 0 Å². The third-order valence-electron chi connectivity index (χ3n) is 3.15. The van der Waals surface area contributed by atoms with Crippen molar-refractivity contribution < 1.29 is 4.92 Å². The Labute approximate surface area is 139 Å². The maximum atomic E-state index is 10.9. The normalized spacial score (nSPS) is 12.1. The van der Waals surface area contributed by atoms with Crippen LogP contribution in [0.15, 0.2) is 51.4 Å². The summed E-state index contributed by atoms with van der Waals surface area (Å²) in [5, 5.41) is 10.9. The molecule has 0 aliphatic carbocycles. The number of hydrogen-bond acceptors (Lipinski definition) is 3. The molecule has 0 saturated carbocycles. The number of nitro groups is 1. The molecule has 0 saturated heterocycles. The van der Waals surface area contributed by atoms with Crippen molar-refractivity contribution >= 4 is 37.5 Å². The largest absolute Gasteiger partial charge is 0.327 e. The number of nitrogens with two attached hydrogens (primary N) is 1. The standard InChI is InChI=1S/C15H14Br2N2O2/c16-12-6-4-10(5-7-12)8-13(18)9-11-2-1-3-14(15(11)17)19(20)21/h1-7,13H,8-9,18H2. The molecule has 0 aliphatic heterocycles. The molecule has 110 valence electrons. The Bertz CT molecular complexity index is 645. The van der Waals surface area contributed by atoms with E-state index in [4.69, 9.17) is 5.73 Å². The van der Waals surface area contributed by atoms with Gasteiger partial charge in [-0.25, -0.2) is 0 Å². The monoisotopic (exact) mass is 412 g/mol. The summed E-state index contributed by atoms with van der Waals surface area (Å²) < 4.78 is 1.54. The first kappa shape index (κ1) is 16.1. The van der Waals surface area contributed by atoms with Gasteiger partial charge in [0.2, 0.25) is 0 Å². The van der Waals surface area contributed by atoms with Crippen LogP contribution in [0.5, 0.6) is 0 Å². The lowest BCUT2D eigenvalue weighted by atomic mass is 9.99. The van der Waals surface area contributed by atoms with Crippen LogP contribution in [-0.2, 0) is 12.8 Å². The molecule has 2 N–H and O–H groups in total. The Balaban J connectivity index is 2.09. The number of rotatable bonds is 5. The molecule has 21 heavy (non-hydrogen) atoms. The smallest absolute Gasteiger partial charge is 0.283 e. The number of halogens is 2. The summed E-state index contributed by atoms with van der Waals surface area (Å²) in [6.45, 7) is 0. The lowest BCUT2D eigenvalue weighted by Gasteiger charge is -2.13. The Hall–Kier alpha value is -1.24. The van der Waals surface area contributed by atoms with Crippen LogP contribution in [-0.4, -0.2) is 11.0 Å².